The number of furan rings is 1. The van der Waals surface area contributed by atoms with Crippen LogP contribution in [0, 0.1) is 5.92 Å². The van der Waals surface area contributed by atoms with Crippen LogP contribution in [0.5, 0.6) is 0 Å². The summed E-state index contributed by atoms with van der Waals surface area (Å²) < 4.78 is 5.62. The lowest BCUT2D eigenvalue weighted by Gasteiger charge is -2.42. The Bertz CT molecular complexity index is 704. The topological polar surface area (TPSA) is 36.7 Å². The van der Waals surface area contributed by atoms with E-state index in [0.717, 1.165) is 37.0 Å². The quantitative estimate of drug-likeness (QED) is 0.871. The molecule has 1 aliphatic heterocycles. The number of hydrogen-bond donors (Lipinski definition) is 0. The largest absolute Gasteiger partial charge is 0.463 e. The highest BCUT2D eigenvalue weighted by molar-refractivity contribution is 6.06. The van der Waals surface area contributed by atoms with Crippen molar-refractivity contribution in [3.05, 3.63) is 35.6 Å². The normalized spacial score (nSPS) is 19.7. The Balaban J connectivity index is 1.95. The van der Waals surface area contributed by atoms with Crippen molar-refractivity contribution in [2.75, 3.05) is 26.7 Å². The molecule has 124 valence electrons. The molecule has 1 saturated heterocycles. The first-order valence-electron chi connectivity index (χ1n) is 8.51. The number of hydrogen-bond acceptors (Lipinski definition) is 3. The molecule has 0 spiro atoms. The standard InChI is InChI=1S/C19H26N2O2/c1-5-14-6-7-18-15(10-14)16(12-23-18)19(22)21-9-8-20(4)11-17(21)13(2)3/h6-7,10,12-13,17H,5,8-9,11H2,1-4H3. The summed E-state index contributed by atoms with van der Waals surface area (Å²) in [5.74, 6) is 0.537. The highest BCUT2D eigenvalue weighted by atomic mass is 16.3. The van der Waals surface area contributed by atoms with Crippen LogP contribution in [0.3, 0.4) is 0 Å². The van der Waals surface area contributed by atoms with E-state index in [2.05, 4.69) is 44.9 Å². The van der Waals surface area contributed by atoms with Crippen LogP contribution in [-0.2, 0) is 6.42 Å². The summed E-state index contributed by atoms with van der Waals surface area (Å²) in [6.07, 6.45) is 2.58. The summed E-state index contributed by atoms with van der Waals surface area (Å²) in [7, 11) is 2.12. The van der Waals surface area contributed by atoms with E-state index < -0.39 is 0 Å². The SMILES string of the molecule is CCc1ccc2occ(C(=O)N3CCN(C)CC3C(C)C)c2c1. The van der Waals surface area contributed by atoms with Crippen LogP contribution >= 0.6 is 0 Å². The summed E-state index contributed by atoms with van der Waals surface area (Å²) in [5.41, 5.74) is 2.72. The maximum absolute atomic E-state index is 13.1. The minimum atomic E-state index is 0.101. The molecule has 3 rings (SSSR count). The maximum Gasteiger partial charge on any atom is 0.258 e. The number of amides is 1. The highest BCUT2D eigenvalue weighted by Crippen LogP contribution is 2.26. The fourth-order valence-corrected chi connectivity index (χ4v) is 3.39. The average Bonchev–Trinajstić information content (AvgIpc) is 2.96. The third-order valence-corrected chi connectivity index (χ3v) is 4.93. The zero-order chi connectivity index (χ0) is 16.6. The van der Waals surface area contributed by atoms with E-state index in [1.54, 1.807) is 6.26 Å². The number of carbonyl (C=O) groups is 1. The minimum Gasteiger partial charge on any atom is -0.463 e. The molecule has 1 fully saturated rings. The molecule has 0 aliphatic carbocycles. The van der Waals surface area contributed by atoms with Crippen LogP contribution in [0.25, 0.3) is 11.0 Å². The zero-order valence-electron chi connectivity index (χ0n) is 14.5. The summed E-state index contributed by atoms with van der Waals surface area (Å²) in [6.45, 7) is 9.13. The van der Waals surface area contributed by atoms with Crippen molar-refractivity contribution in [3.63, 3.8) is 0 Å². The summed E-state index contributed by atoms with van der Waals surface area (Å²) in [4.78, 5) is 17.5. The molecular weight excluding hydrogens is 288 g/mol. The Morgan fingerprint density at radius 1 is 1.35 bits per heavy atom. The fraction of sp³-hybridized carbons (Fsp3) is 0.526. The Kier molecular flexibility index (Phi) is 4.44. The van der Waals surface area contributed by atoms with Crippen LogP contribution in [-0.4, -0.2) is 48.4 Å². The first-order chi connectivity index (χ1) is 11.0. The second-order valence-electron chi connectivity index (χ2n) is 6.91. The van der Waals surface area contributed by atoms with Gasteiger partial charge in [-0.1, -0.05) is 26.8 Å². The van der Waals surface area contributed by atoms with Gasteiger partial charge in [0, 0.05) is 31.1 Å². The van der Waals surface area contributed by atoms with Crippen molar-refractivity contribution in [1.29, 1.82) is 0 Å². The number of fused-ring (bicyclic) bond motifs is 1. The molecule has 1 aromatic heterocycles. The Hall–Kier alpha value is -1.81. The molecule has 4 heteroatoms. The molecule has 0 saturated carbocycles. The molecule has 1 aromatic carbocycles. The van der Waals surface area contributed by atoms with Gasteiger partial charge in [0.1, 0.15) is 11.8 Å². The lowest BCUT2D eigenvalue weighted by Crippen LogP contribution is -2.56. The highest BCUT2D eigenvalue weighted by Gasteiger charge is 2.32. The number of aryl methyl sites for hydroxylation is 1. The van der Waals surface area contributed by atoms with E-state index in [0.29, 0.717) is 11.5 Å². The molecule has 23 heavy (non-hydrogen) atoms. The lowest BCUT2D eigenvalue weighted by molar-refractivity contribution is 0.0403. The van der Waals surface area contributed by atoms with E-state index in [1.807, 2.05) is 11.0 Å². The van der Waals surface area contributed by atoms with Gasteiger partial charge in [-0.05, 0) is 37.1 Å². The average molecular weight is 314 g/mol. The van der Waals surface area contributed by atoms with Gasteiger partial charge >= 0.3 is 0 Å². The molecule has 1 amide bonds. The zero-order valence-corrected chi connectivity index (χ0v) is 14.5. The first kappa shape index (κ1) is 16.1. The molecular formula is C19H26N2O2. The number of piperazine rings is 1. The maximum atomic E-state index is 13.1. The van der Waals surface area contributed by atoms with E-state index in [-0.39, 0.29) is 11.9 Å². The predicted molar refractivity (Wildman–Crippen MR) is 92.8 cm³/mol. The molecule has 0 radical (unpaired) electrons. The monoisotopic (exact) mass is 314 g/mol. The second kappa shape index (κ2) is 6.36. The molecule has 1 unspecified atom stereocenters. The van der Waals surface area contributed by atoms with Gasteiger partial charge in [0.2, 0.25) is 0 Å². The van der Waals surface area contributed by atoms with Crippen LogP contribution in [0.2, 0.25) is 0 Å². The summed E-state index contributed by atoms with van der Waals surface area (Å²) in [5, 5.41) is 0.941. The fourth-order valence-electron chi connectivity index (χ4n) is 3.39. The van der Waals surface area contributed by atoms with Crippen LogP contribution in [0.15, 0.2) is 28.9 Å². The van der Waals surface area contributed by atoms with Gasteiger partial charge in [0.05, 0.1) is 5.56 Å². The number of nitrogens with zero attached hydrogens (tertiary/aromatic N) is 2. The number of likely N-dealkylation sites (N-methyl/N-ethyl adjacent to an activating group) is 1. The van der Waals surface area contributed by atoms with Crippen LogP contribution in [0.4, 0.5) is 0 Å². The molecule has 1 atom stereocenters. The number of rotatable bonds is 3. The van der Waals surface area contributed by atoms with Crippen molar-refractivity contribution < 1.29 is 9.21 Å². The second-order valence-corrected chi connectivity index (χ2v) is 6.91. The lowest BCUT2D eigenvalue weighted by atomic mass is 9.98. The molecule has 2 heterocycles. The van der Waals surface area contributed by atoms with Gasteiger partial charge in [-0.2, -0.15) is 0 Å². The van der Waals surface area contributed by atoms with E-state index in [1.165, 1.54) is 5.56 Å². The predicted octanol–water partition coefficient (Wildman–Crippen LogP) is 3.41. The minimum absolute atomic E-state index is 0.101. The Labute approximate surface area is 138 Å². The third-order valence-electron chi connectivity index (χ3n) is 4.93. The van der Waals surface area contributed by atoms with Gasteiger partial charge in [-0.3, -0.25) is 4.79 Å². The molecule has 0 N–H and O–H groups in total. The van der Waals surface area contributed by atoms with Gasteiger partial charge in [0.15, 0.2) is 0 Å². The summed E-state index contributed by atoms with van der Waals surface area (Å²) >= 11 is 0. The van der Waals surface area contributed by atoms with Crippen molar-refractivity contribution in [1.82, 2.24) is 9.80 Å². The number of carbonyl (C=O) groups excluding carboxylic acids is 1. The Morgan fingerprint density at radius 2 is 2.13 bits per heavy atom. The van der Waals surface area contributed by atoms with Crippen molar-refractivity contribution >= 4 is 16.9 Å². The van der Waals surface area contributed by atoms with Crippen molar-refractivity contribution in [2.45, 2.75) is 33.2 Å². The molecule has 2 aromatic rings. The molecule has 0 bridgehead atoms. The van der Waals surface area contributed by atoms with Crippen LogP contribution in [0.1, 0.15) is 36.7 Å². The summed E-state index contributed by atoms with van der Waals surface area (Å²) in [6, 6.07) is 6.37. The van der Waals surface area contributed by atoms with Crippen LogP contribution < -0.4 is 0 Å². The Morgan fingerprint density at radius 3 is 2.83 bits per heavy atom. The molecule has 4 nitrogen and oxygen atoms in total. The van der Waals surface area contributed by atoms with E-state index in [9.17, 15) is 4.79 Å². The van der Waals surface area contributed by atoms with Gasteiger partial charge in [0.25, 0.3) is 5.91 Å². The first-order valence-corrected chi connectivity index (χ1v) is 8.51. The van der Waals surface area contributed by atoms with E-state index >= 15 is 0 Å². The van der Waals surface area contributed by atoms with E-state index in [4.69, 9.17) is 4.42 Å². The van der Waals surface area contributed by atoms with Crippen molar-refractivity contribution in [2.24, 2.45) is 5.92 Å². The number of benzene rings is 1. The van der Waals surface area contributed by atoms with Gasteiger partial charge in [-0.15, -0.1) is 0 Å². The van der Waals surface area contributed by atoms with Gasteiger partial charge in [-0.25, -0.2) is 0 Å². The van der Waals surface area contributed by atoms with Gasteiger partial charge < -0.3 is 14.2 Å². The molecule has 1 aliphatic rings. The third kappa shape index (κ3) is 3.00. The van der Waals surface area contributed by atoms with Crippen molar-refractivity contribution in [3.8, 4) is 0 Å². The smallest absolute Gasteiger partial charge is 0.258 e.